The number of hydrogen-bond acceptors (Lipinski definition) is 3. The number of H-pyrrole nitrogens is 1. The van der Waals surface area contributed by atoms with Crippen LogP contribution < -0.4 is 5.32 Å². The molecular formula is C13H9BrN4O. The highest BCUT2D eigenvalue weighted by Crippen LogP contribution is 2.22. The molecule has 0 radical (unpaired) electrons. The van der Waals surface area contributed by atoms with Crippen LogP contribution in [0.2, 0.25) is 0 Å². The minimum Gasteiger partial charge on any atom is -0.359 e. The van der Waals surface area contributed by atoms with Gasteiger partial charge in [-0.25, -0.2) is 9.97 Å². The van der Waals surface area contributed by atoms with Gasteiger partial charge >= 0.3 is 0 Å². The molecule has 0 aliphatic carbocycles. The first-order valence-corrected chi connectivity index (χ1v) is 6.38. The average molecular weight is 317 g/mol. The fraction of sp³-hybridized carbons (Fsp3) is 0. The number of rotatable bonds is 2. The van der Waals surface area contributed by atoms with Gasteiger partial charge in [0, 0.05) is 17.1 Å². The van der Waals surface area contributed by atoms with Crippen LogP contribution in [0, 0.1) is 0 Å². The largest absolute Gasteiger partial charge is 0.359 e. The number of para-hydroxylation sites is 1. The zero-order valence-electron chi connectivity index (χ0n) is 9.72. The lowest BCUT2D eigenvalue weighted by Crippen LogP contribution is -2.13. The van der Waals surface area contributed by atoms with E-state index in [1.807, 2.05) is 24.3 Å². The summed E-state index contributed by atoms with van der Waals surface area (Å²) in [6.45, 7) is 0. The molecule has 0 aliphatic heterocycles. The lowest BCUT2D eigenvalue weighted by molar-refractivity contribution is 0.102. The molecule has 94 valence electrons. The molecule has 0 spiro atoms. The van der Waals surface area contributed by atoms with E-state index < -0.39 is 0 Å². The Bertz CT molecular complexity index is 736. The van der Waals surface area contributed by atoms with Gasteiger partial charge in [0.15, 0.2) is 0 Å². The number of halogens is 1. The molecule has 0 saturated carbocycles. The molecule has 3 rings (SSSR count). The maximum absolute atomic E-state index is 12.0. The molecule has 0 atom stereocenters. The number of nitrogens with one attached hydrogen (secondary N) is 2. The highest BCUT2D eigenvalue weighted by atomic mass is 79.9. The summed E-state index contributed by atoms with van der Waals surface area (Å²) in [5.41, 5.74) is 1.97. The standard InChI is InChI=1S/C13H9BrN4O/c14-12-7-16-11(6-17-12)13(19)18-10-5-15-9-4-2-1-3-8(9)10/h1-7,15H,(H,18,19). The summed E-state index contributed by atoms with van der Waals surface area (Å²) in [5, 5.41) is 3.77. The Kier molecular flexibility index (Phi) is 3.00. The van der Waals surface area contributed by atoms with E-state index in [1.54, 1.807) is 6.20 Å². The van der Waals surface area contributed by atoms with Gasteiger partial charge in [0.05, 0.1) is 18.1 Å². The van der Waals surface area contributed by atoms with Gasteiger partial charge in [0.25, 0.3) is 5.91 Å². The molecule has 1 aromatic carbocycles. The van der Waals surface area contributed by atoms with Crippen molar-refractivity contribution in [3.63, 3.8) is 0 Å². The minimum absolute atomic E-state index is 0.272. The smallest absolute Gasteiger partial charge is 0.275 e. The number of carbonyl (C=O) groups excluding carboxylic acids is 1. The zero-order chi connectivity index (χ0) is 13.2. The molecule has 19 heavy (non-hydrogen) atoms. The number of aromatic nitrogens is 3. The van der Waals surface area contributed by atoms with E-state index >= 15 is 0 Å². The summed E-state index contributed by atoms with van der Waals surface area (Å²) in [6, 6.07) is 7.75. The maximum Gasteiger partial charge on any atom is 0.275 e. The van der Waals surface area contributed by atoms with Crippen molar-refractivity contribution in [3.8, 4) is 0 Å². The molecule has 6 heteroatoms. The van der Waals surface area contributed by atoms with Crippen LogP contribution in [-0.4, -0.2) is 20.9 Å². The van der Waals surface area contributed by atoms with Gasteiger partial charge in [-0.2, -0.15) is 0 Å². The Hall–Kier alpha value is -2.21. The Morgan fingerprint density at radius 2 is 2.05 bits per heavy atom. The van der Waals surface area contributed by atoms with E-state index in [1.165, 1.54) is 12.4 Å². The SMILES string of the molecule is O=C(Nc1c[nH]c2ccccc12)c1cnc(Br)cn1. The lowest BCUT2D eigenvalue weighted by Gasteiger charge is -2.02. The lowest BCUT2D eigenvalue weighted by atomic mass is 10.2. The molecule has 2 heterocycles. The molecule has 2 aromatic heterocycles. The van der Waals surface area contributed by atoms with Crippen LogP contribution in [0.4, 0.5) is 5.69 Å². The monoisotopic (exact) mass is 316 g/mol. The third-order valence-corrected chi connectivity index (χ3v) is 3.10. The van der Waals surface area contributed by atoms with Crippen molar-refractivity contribution >= 4 is 38.4 Å². The number of aromatic amines is 1. The second-order valence-electron chi connectivity index (χ2n) is 3.93. The maximum atomic E-state index is 12.0. The van der Waals surface area contributed by atoms with E-state index in [9.17, 15) is 4.79 Å². The van der Waals surface area contributed by atoms with Gasteiger partial charge in [-0.3, -0.25) is 4.79 Å². The summed E-state index contributed by atoms with van der Waals surface area (Å²) >= 11 is 3.18. The fourth-order valence-electron chi connectivity index (χ4n) is 1.79. The number of hydrogen-bond donors (Lipinski definition) is 2. The van der Waals surface area contributed by atoms with Crippen molar-refractivity contribution in [2.24, 2.45) is 0 Å². The second-order valence-corrected chi connectivity index (χ2v) is 4.74. The first kappa shape index (κ1) is 11.9. The summed E-state index contributed by atoms with van der Waals surface area (Å²) in [6.07, 6.45) is 4.67. The van der Waals surface area contributed by atoms with Gasteiger partial charge in [-0.1, -0.05) is 18.2 Å². The van der Waals surface area contributed by atoms with Crippen LogP contribution in [0.15, 0.2) is 47.5 Å². The van der Waals surface area contributed by atoms with Crippen LogP contribution in [0.3, 0.4) is 0 Å². The molecule has 5 nitrogen and oxygen atoms in total. The van der Waals surface area contributed by atoms with Crippen molar-refractivity contribution in [2.45, 2.75) is 0 Å². The molecule has 3 aromatic rings. The van der Waals surface area contributed by atoms with Crippen LogP contribution in [0.5, 0.6) is 0 Å². The van der Waals surface area contributed by atoms with Crippen LogP contribution in [0.25, 0.3) is 10.9 Å². The molecule has 0 fully saturated rings. The van der Waals surface area contributed by atoms with Crippen LogP contribution in [-0.2, 0) is 0 Å². The highest BCUT2D eigenvalue weighted by molar-refractivity contribution is 9.10. The Balaban J connectivity index is 1.89. The predicted octanol–water partition coefficient (Wildman–Crippen LogP) is 2.97. The second kappa shape index (κ2) is 4.81. The number of benzene rings is 1. The van der Waals surface area contributed by atoms with Crippen molar-refractivity contribution in [1.82, 2.24) is 15.0 Å². The molecule has 0 saturated heterocycles. The number of nitrogens with zero attached hydrogens (tertiary/aromatic N) is 2. The number of anilines is 1. The first-order chi connectivity index (χ1) is 9.24. The average Bonchev–Trinajstić information content (AvgIpc) is 2.83. The summed E-state index contributed by atoms with van der Waals surface area (Å²) < 4.78 is 0.594. The predicted molar refractivity (Wildman–Crippen MR) is 76.0 cm³/mol. The van der Waals surface area contributed by atoms with E-state index in [-0.39, 0.29) is 11.6 Å². The quantitative estimate of drug-likeness (QED) is 0.763. The van der Waals surface area contributed by atoms with Gasteiger partial charge in [0.1, 0.15) is 10.3 Å². The van der Waals surface area contributed by atoms with Gasteiger partial charge < -0.3 is 10.3 Å². The van der Waals surface area contributed by atoms with Crippen molar-refractivity contribution < 1.29 is 4.79 Å². The summed E-state index contributed by atoms with van der Waals surface area (Å²) in [7, 11) is 0. The van der Waals surface area contributed by atoms with Crippen molar-refractivity contribution in [1.29, 1.82) is 0 Å². The minimum atomic E-state index is -0.287. The number of carbonyl (C=O) groups is 1. The topological polar surface area (TPSA) is 70.7 Å². The summed E-state index contributed by atoms with van der Waals surface area (Å²) in [4.78, 5) is 23.1. The van der Waals surface area contributed by atoms with Crippen molar-refractivity contribution in [2.75, 3.05) is 5.32 Å². The number of fused-ring (bicyclic) bond motifs is 1. The fourth-order valence-corrected chi connectivity index (χ4v) is 2.00. The van der Waals surface area contributed by atoms with E-state index in [2.05, 4.69) is 36.2 Å². The third kappa shape index (κ3) is 2.34. The van der Waals surface area contributed by atoms with E-state index in [0.29, 0.717) is 4.60 Å². The summed E-state index contributed by atoms with van der Waals surface area (Å²) in [5.74, 6) is -0.287. The van der Waals surface area contributed by atoms with Gasteiger partial charge in [0.2, 0.25) is 0 Å². The zero-order valence-corrected chi connectivity index (χ0v) is 11.3. The molecule has 0 bridgehead atoms. The third-order valence-electron chi connectivity index (χ3n) is 2.69. The van der Waals surface area contributed by atoms with Crippen molar-refractivity contribution in [3.05, 3.63) is 53.2 Å². The molecule has 2 N–H and O–H groups in total. The van der Waals surface area contributed by atoms with Gasteiger partial charge in [-0.05, 0) is 22.0 Å². The van der Waals surface area contributed by atoms with Crippen LogP contribution in [0.1, 0.15) is 10.5 Å². The molecule has 1 amide bonds. The van der Waals surface area contributed by atoms with Gasteiger partial charge in [-0.15, -0.1) is 0 Å². The van der Waals surface area contributed by atoms with E-state index in [0.717, 1.165) is 16.6 Å². The normalized spacial score (nSPS) is 10.6. The Morgan fingerprint density at radius 1 is 1.21 bits per heavy atom. The molecule has 0 unspecified atom stereocenters. The Morgan fingerprint density at radius 3 is 2.84 bits per heavy atom. The molecule has 0 aliphatic rings. The Labute approximate surface area is 117 Å². The van der Waals surface area contributed by atoms with E-state index in [4.69, 9.17) is 0 Å². The highest BCUT2D eigenvalue weighted by Gasteiger charge is 2.10. The van der Waals surface area contributed by atoms with Crippen LogP contribution >= 0.6 is 15.9 Å². The molecular weight excluding hydrogens is 308 g/mol. The first-order valence-electron chi connectivity index (χ1n) is 5.59. The number of amides is 1.